The molecule has 0 aliphatic heterocycles. The molecule has 0 bridgehead atoms. The molecule has 1 heterocycles. The topological polar surface area (TPSA) is 66.5 Å². The minimum absolute atomic E-state index is 0.0716. The van der Waals surface area contributed by atoms with Gasteiger partial charge in [-0.1, -0.05) is 17.7 Å². The van der Waals surface area contributed by atoms with Crippen LogP contribution in [-0.2, 0) is 13.1 Å². The lowest BCUT2D eigenvalue weighted by Crippen LogP contribution is -2.21. The van der Waals surface area contributed by atoms with E-state index in [-0.39, 0.29) is 5.56 Å². The third-order valence-corrected chi connectivity index (χ3v) is 3.28. The molecule has 6 heteroatoms. The Bertz CT molecular complexity index is 670. The maximum absolute atomic E-state index is 11.6. The van der Waals surface area contributed by atoms with Crippen molar-refractivity contribution in [3.05, 3.63) is 57.5 Å². The van der Waals surface area contributed by atoms with Gasteiger partial charge in [-0.3, -0.25) is 4.79 Å². The van der Waals surface area contributed by atoms with Crippen LogP contribution in [0.5, 0.6) is 11.5 Å². The Kier molecular flexibility index (Phi) is 5.25. The Labute approximate surface area is 127 Å². The Balaban J connectivity index is 2.10. The lowest BCUT2D eigenvalue weighted by atomic mass is 10.2. The average molecular weight is 309 g/mol. The lowest BCUT2D eigenvalue weighted by molar-refractivity contribution is 0.278. The third-order valence-electron chi connectivity index (χ3n) is 3.00. The van der Waals surface area contributed by atoms with Crippen LogP contribution in [0, 0.1) is 0 Å². The zero-order valence-corrected chi connectivity index (χ0v) is 12.5. The fourth-order valence-corrected chi connectivity index (χ4v) is 2.21. The predicted molar refractivity (Wildman–Crippen MR) is 82.1 cm³/mol. The molecule has 0 saturated carbocycles. The molecule has 1 aromatic heterocycles. The summed E-state index contributed by atoms with van der Waals surface area (Å²) in [4.78, 5) is 11.6. The number of pyridine rings is 1. The van der Waals surface area contributed by atoms with Crippen LogP contribution in [0.2, 0.25) is 5.02 Å². The van der Waals surface area contributed by atoms with Gasteiger partial charge in [-0.05, 0) is 23.8 Å². The van der Waals surface area contributed by atoms with Crippen LogP contribution in [0.25, 0.3) is 0 Å². The first kappa shape index (κ1) is 15.4. The van der Waals surface area contributed by atoms with Gasteiger partial charge in [0.2, 0.25) is 0 Å². The zero-order valence-electron chi connectivity index (χ0n) is 11.7. The van der Waals surface area contributed by atoms with Crippen molar-refractivity contribution in [1.82, 2.24) is 4.57 Å². The van der Waals surface area contributed by atoms with E-state index in [1.807, 2.05) is 0 Å². The van der Waals surface area contributed by atoms with Crippen molar-refractivity contribution in [1.29, 1.82) is 0 Å². The van der Waals surface area contributed by atoms with E-state index in [1.54, 1.807) is 42.1 Å². The van der Waals surface area contributed by atoms with Gasteiger partial charge >= 0.3 is 0 Å². The highest BCUT2D eigenvalue weighted by atomic mass is 35.5. The van der Waals surface area contributed by atoms with Crippen LogP contribution in [0.3, 0.4) is 0 Å². The molecule has 0 spiro atoms. The van der Waals surface area contributed by atoms with Gasteiger partial charge in [0.25, 0.3) is 5.56 Å². The predicted octanol–water partition coefficient (Wildman–Crippen LogP) is 2.05. The molecule has 112 valence electrons. The van der Waals surface area contributed by atoms with E-state index < -0.39 is 0 Å². The van der Waals surface area contributed by atoms with Crippen molar-refractivity contribution in [2.45, 2.75) is 13.1 Å². The molecule has 0 aliphatic carbocycles. The molecule has 2 aromatic rings. The first-order valence-electron chi connectivity index (χ1n) is 6.50. The van der Waals surface area contributed by atoms with E-state index in [0.717, 1.165) is 5.56 Å². The number of benzene rings is 1. The van der Waals surface area contributed by atoms with Crippen molar-refractivity contribution >= 4 is 11.6 Å². The van der Waals surface area contributed by atoms with E-state index in [9.17, 15) is 4.79 Å². The number of ether oxygens (including phenoxy) is 2. The second-order valence-electron chi connectivity index (χ2n) is 4.39. The fourth-order valence-electron chi connectivity index (χ4n) is 1.92. The molecule has 0 radical (unpaired) electrons. The summed E-state index contributed by atoms with van der Waals surface area (Å²) in [6, 6.07) is 8.53. The molecule has 0 saturated heterocycles. The summed E-state index contributed by atoms with van der Waals surface area (Å²) in [5.74, 6) is 0.990. The van der Waals surface area contributed by atoms with Gasteiger partial charge in [0.05, 0.1) is 18.7 Å². The highest BCUT2D eigenvalue weighted by Crippen LogP contribution is 2.36. The van der Waals surface area contributed by atoms with Crippen molar-refractivity contribution in [3.8, 4) is 11.5 Å². The summed E-state index contributed by atoms with van der Waals surface area (Å²) in [6.45, 7) is 1.11. The average Bonchev–Trinajstić information content (AvgIpc) is 2.50. The number of nitrogens with zero attached hydrogens (tertiary/aromatic N) is 1. The molecule has 2 N–H and O–H groups in total. The highest BCUT2D eigenvalue weighted by molar-refractivity contribution is 6.32. The molecule has 0 unspecified atom stereocenters. The molecule has 2 rings (SSSR count). The van der Waals surface area contributed by atoms with Gasteiger partial charge in [0.1, 0.15) is 6.61 Å². The van der Waals surface area contributed by atoms with E-state index >= 15 is 0 Å². The molecular formula is C15H17ClN2O3. The first-order chi connectivity index (χ1) is 10.2. The first-order valence-corrected chi connectivity index (χ1v) is 6.88. The monoisotopic (exact) mass is 308 g/mol. The number of rotatable bonds is 6. The molecular weight excluding hydrogens is 292 g/mol. The second-order valence-corrected chi connectivity index (χ2v) is 4.80. The zero-order chi connectivity index (χ0) is 15.2. The largest absolute Gasteiger partial charge is 0.493 e. The fraction of sp³-hybridized carbons (Fsp3) is 0.267. The van der Waals surface area contributed by atoms with Gasteiger partial charge in [0.15, 0.2) is 11.5 Å². The molecule has 0 amide bonds. The molecule has 5 nitrogen and oxygen atoms in total. The Morgan fingerprint density at radius 3 is 2.81 bits per heavy atom. The van der Waals surface area contributed by atoms with Gasteiger partial charge in [-0.2, -0.15) is 0 Å². The number of halogens is 1. The van der Waals surface area contributed by atoms with Crippen molar-refractivity contribution < 1.29 is 9.47 Å². The van der Waals surface area contributed by atoms with Gasteiger partial charge in [-0.25, -0.2) is 0 Å². The van der Waals surface area contributed by atoms with Crippen LogP contribution in [0.4, 0.5) is 0 Å². The van der Waals surface area contributed by atoms with Crippen LogP contribution in [0.1, 0.15) is 5.56 Å². The summed E-state index contributed by atoms with van der Waals surface area (Å²) in [7, 11) is 1.54. The van der Waals surface area contributed by atoms with Crippen molar-refractivity contribution in [2.24, 2.45) is 5.73 Å². The molecule has 0 fully saturated rings. The molecule has 0 atom stereocenters. The summed E-state index contributed by atoms with van der Waals surface area (Å²) >= 11 is 6.18. The van der Waals surface area contributed by atoms with E-state index in [2.05, 4.69) is 0 Å². The summed E-state index contributed by atoms with van der Waals surface area (Å²) in [5.41, 5.74) is 6.38. The Morgan fingerprint density at radius 2 is 2.14 bits per heavy atom. The minimum atomic E-state index is -0.0716. The molecule has 0 aliphatic rings. The third kappa shape index (κ3) is 3.77. The quantitative estimate of drug-likeness (QED) is 0.887. The number of methoxy groups -OCH3 is 1. The second kappa shape index (κ2) is 7.15. The summed E-state index contributed by atoms with van der Waals surface area (Å²) < 4.78 is 12.5. The molecule has 1 aromatic carbocycles. The van der Waals surface area contributed by atoms with E-state index in [1.165, 1.54) is 6.07 Å². The van der Waals surface area contributed by atoms with Crippen LogP contribution in [-0.4, -0.2) is 18.3 Å². The Hall–Kier alpha value is -1.98. The van der Waals surface area contributed by atoms with Crippen LogP contribution in [0.15, 0.2) is 41.3 Å². The number of aromatic nitrogens is 1. The van der Waals surface area contributed by atoms with Crippen LogP contribution < -0.4 is 20.8 Å². The lowest BCUT2D eigenvalue weighted by Gasteiger charge is -2.14. The number of hydrogen-bond acceptors (Lipinski definition) is 4. The van der Waals surface area contributed by atoms with Crippen LogP contribution >= 0.6 is 11.6 Å². The maximum Gasteiger partial charge on any atom is 0.250 e. The molecule has 21 heavy (non-hydrogen) atoms. The minimum Gasteiger partial charge on any atom is -0.493 e. The standard InChI is InChI=1S/C15H17ClN2O3/c1-20-13-9-11(10-17)8-12(16)15(13)21-7-6-18-5-3-2-4-14(18)19/h2-5,8-9H,6-7,10,17H2,1H3. The summed E-state index contributed by atoms with van der Waals surface area (Å²) in [6.07, 6.45) is 1.71. The maximum atomic E-state index is 11.6. The van der Waals surface area contributed by atoms with Gasteiger partial charge < -0.3 is 19.8 Å². The Morgan fingerprint density at radius 1 is 1.33 bits per heavy atom. The number of hydrogen-bond donors (Lipinski definition) is 1. The van der Waals surface area contributed by atoms with E-state index in [4.69, 9.17) is 26.8 Å². The van der Waals surface area contributed by atoms with Crippen molar-refractivity contribution in [3.63, 3.8) is 0 Å². The smallest absolute Gasteiger partial charge is 0.250 e. The highest BCUT2D eigenvalue weighted by Gasteiger charge is 2.11. The normalized spacial score (nSPS) is 10.4. The van der Waals surface area contributed by atoms with Crippen molar-refractivity contribution in [2.75, 3.05) is 13.7 Å². The number of nitrogens with two attached hydrogens (primary N) is 1. The SMILES string of the molecule is COc1cc(CN)cc(Cl)c1OCCn1ccccc1=O. The van der Waals surface area contributed by atoms with Gasteiger partial charge in [-0.15, -0.1) is 0 Å². The van der Waals surface area contributed by atoms with E-state index in [0.29, 0.717) is 36.2 Å². The summed E-state index contributed by atoms with van der Waals surface area (Å²) in [5, 5.41) is 0.440. The van der Waals surface area contributed by atoms with Gasteiger partial charge in [0, 0.05) is 18.8 Å².